The summed E-state index contributed by atoms with van der Waals surface area (Å²) < 4.78 is 23.6. The summed E-state index contributed by atoms with van der Waals surface area (Å²) in [6.07, 6.45) is 0.712. The molecule has 0 aliphatic carbocycles. The SMILES string of the molecule is N#Cc1ccc(OCC(=O)C2CCOC2)cc1F. The highest BCUT2D eigenvalue weighted by molar-refractivity contribution is 5.82. The van der Waals surface area contributed by atoms with Crippen LogP contribution in [0.2, 0.25) is 0 Å². The molecule has 0 amide bonds. The summed E-state index contributed by atoms with van der Waals surface area (Å²) >= 11 is 0. The van der Waals surface area contributed by atoms with Gasteiger partial charge < -0.3 is 9.47 Å². The molecule has 1 aliphatic rings. The van der Waals surface area contributed by atoms with Crippen molar-refractivity contribution in [2.45, 2.75) is 6.42 Å². The highest BCUT2D eigenvalue weighted by atomic mass is 19.1. The van der Waals surface area contributed by atoms with E-state index in [0.717, 1.165) is 6.07 Å². The largest absolute Gasteiger partial charge is 0.486 e. The summed E-state index contributed by atoms with van der Waals surface area (Å²) in [4.78, 5) is 11.7. The maximum absolute atomic E-state index is 13.3. The molecule has 18 heavy (non-hydrogen) atoms. The highest BCUT2D eigenvalue weighted by Crippen LogP contribution is 2.18. The van der Waals surface area contributed by atoms with Gasteiger partial charge >= 0.3 is 0 Å². The van der Waals surface area contributed by atoms with E-state index in [1.165, 1.54) is 12.1 Å². The fourth-order valence-corrected chi connectivity index (χ4v) is 1.74. The molecule has 1 saturated heterocycles. The molecule has 0 bridgehead atoms. The molecular weight excluding hydrogens is 237 g/mol. The van der Waals surface area contributed by atoms with Gasteiger partial charge in [-0.3, -0.25) is 4.79 Å². The summed E-state index contributed by atoms with van der Waals surface area (Å²) in [5, 5.41) is 8.57. The van der Waals surface area contributed by atoms with E-state index in [-0.39, 0.29) is 29.6 Å². The van der Waals surface area contributed by atoms with E-state index in [1.807, 2.05) is 0 Å². The number of hydrogen-bond acceptors (Lipinski definition) is 4. The minimum atomic E-state index is -0.647. The lowest BCUT2D eigenvalue weighted by atomic mass is 10.0. The van der Waals surface area contributed by atoms with Crippen molar-refractivity contribution in [1.29, 1.82) is 5.26 Å². The van der Waals surface area contributed by atoms with Crippen molar-refractivity contribution in [1.82, 2.24) is 0 Å². The van der Waals surface area contributed by atoms with Crippen LogP contribution in [0.25, 0.3) is 0 Å². The van der Waals surface area contributed by atoms with Crippen LogP contribution in [0, 0.1) is 23.1 Å². The Morgan fingerprint density at radius 1 is 1.61 bits per heavy atom. The smallest absolute Gasteiger partial charge is 0.175 e. The topological polar surface area (TPSA) is 59.3 Å². The van der Waals surface area contributed by atoms with Crippen molar-refractivity contribution in [3.8, 4) is 11.8 Å². The van der Waals surface area contributed by atoms with E-state index in [2.05, 4.69) is 0 Å². The molecule has 0 aromatic heterocycles. The number of hydrogen-bond donors (Lipinski definition) is 0. The zero-order valence-electron chi connectivity index (χ0n) is 9.69. The van der Waals surface area contributed by atoms with E-state index < -0.39 is 5.82 Å². The Hall–Kier alpha value is -1.93. The van der Waals surface area contributed by atoms with Gasteiger partial charge in [0.15, 0.2) is 5.78 Å². The van der Waals surface area contributed by atoms with E-state index in [9.17, 15) is 9.18 Å². The fraction of sp³-hybridized carbons (Fsp3) is 0.385. The van der Waals surface area contributed by atoms with Gasteiger partial charge in [0.25, 0.3) is 0 Å². The molecule has 2 rings (SSSR count). The molecule has 1 aliphatic heterocycles. The van der Waals surface area contributed by atoms with Crippen LogP contribution in [-0.4, -0.2) is 25.6 Å². The number of benzene rings is 1. The number of halogens is 1. The average Bonchev–Trinajstić information content (AvgIpc) is 2.90. The Balaban J connectivity index is 1.92. The molecule has 0 N–H and O–H groups in total. The third kappa shape index (κ3) is 2.84. The van der Waals surface area contributed by atoms with Crippen LogP contribution in [0.1, 0.15) is 12.0 Å². The molecule has 4 nitrogen and oxygen atoms in total. The quantitative estimate of drug-likeness (QED) is 0.814. The highest BCUT2D eigenvalue weighted by Gasteiger charge is 2.23. The van der Waals surface area contributed by atoms with E-state index in [0.29, 0.717) is 19.6 Å². The zero-order valence-corrected chi connectivity index (χ0v) is 9.69. The van der Waals surface area contributed by atoms with Gasteiger partial charge in [-0.2, -0.15) is 5.26 Å². The van der Waals surface area contributed by atoms with Crippen molar-refractivity contribution in [2.24, 2.45) is 5.92 Å². The fourth-order valence-electron chi connectivity index (χ4n) is 1.74. The van der Waals surface area contributed by atoms with E-state index in [1.54, 1.807) is 6.07 Å². The third-order valence-corrected chi connectivity index (χ3v) is 2.83. The Bertz CT molecular complexity index is 489. The first-order chi connectivity index (χ1) is 8.70. The lowest BCUT2D eigenvalue weighted by Gasteiger charge is -2.09. The summed E-state index contributed by atoms with van der Waals surface area (Å²) in [5.41, 5.74) is -0.0436. The van der Waals surface area contributed by atoms with Crippen LogP contribution in [0.5, 0.6) is 5.75 Å². The first-order valence-corrected chi connectivity index (χ1v) is 5.63. The van der Waals surface area contributed by atoms with Gasteiger partial charge in [-0.25, -0.2) is 4.39 Å². The maximum Gasteiger partial charge on any atom is 0.175 e. The monoisotopic (exact) mass is 249 g/mol. The predicted octanol–water partition coefficient (Wildman–Crippen LogP) is 1.68. The van der Waals surface area contributed by atoms with Crippen molar-refractivity contribution in [3.05, 3.63) is 29.6 Å². The number of ketones is 1. The predicted molar refractivity (Wildman–Crippen MR) is 60.5 cm³/mol. The molecule has 1 unspecified atom stereocenters. The van der Waals surface area contributed by atoms with Gasteiger partial charge in [0.1, 0.15) is 24.2 Å². The number of nitrogens with zero attached hydrogens (tertiary/aromatic N) is 1. The van der Waals surface area contributed by atoms with Crippen LogP contribution in [0.15, 0.2) is 18.2 Å². The van der Waals surface area contributed by atoms with Crippen LogP contribution in [-0.2, 0) is 9.53 Å². The van der Waals surface area contributed by atoms with Crippen LogP contribution < -0.4 is 4.74 Å². The van der Waals surface area contributed by atoms with Gasteiger partial charge in [-0.05, 0) is 18.6 Å². The minimum absolute atomic E-state index is 0.0436. The van der Waals surface area contributed by atoms with Crippen molar-refractivity contribution < 1.29 is 18.7 Å². The van der Waals surface area contributed by atoms with Crippen LogP contribution >= 0.6 is 0 Å². The minimum Gasteiger partial charge on any atom is -0.486 e. The van der Waals surface area contributed by atoms with Crippen LogP contribution in [0.4, 0.5) is 4.39 Å². The summed E-state index contributed by atoms with van der Waals surface area (Å²) in [6.45, 7) is 0.936. The van der Waals surface area contributed by atoms with Crippen molar-refractivity contribution >= 4 is 5.78 Å². The summed E-state index contributed by atoms with van der Waals surface area (Å²) in [7, 11) is 0. The average molecular weight is 249 g/mol. The molecule has 0 radical (unpaired) electrons. The Morgan fingerprint density at radius 2 is 2.44 bits per heavy atom. The number of carbonyl (C=O) groups excluding carboxylic acids is 1. The number of rotatable bonds is 4. The third-order valence-electron chi connectivity index (χ3n) is 2.83. The van der Waals surface area contributed by atoms with Gasteiger partial charge in [-0.15, -0.1) is 0 Å². The second kappa shape index (κ2) is 5.61. The Morgan fingerprint density at radius 3 is 3.06 bits per heavy atom. The van der Waals surface area contributed by atoms with Gasteiger partial charge in [0.05, 0.1) is 12.2 Å². The second-order valence-electron chi connectivity index (χ2n) is 4.07. The second-order valence-corrected chi connectivity index (χ2v) is 4.07. The first-order valence-electron chi connectivity index (χ1n) is 5.63. The first kappa shape index (κ1) is 12.5. The maximum atomic E-state index is 13.3. The molecule has 5 heteroatoms. The number of carbonyl (C=O) groups is 1. The number of nitriles is 1. The Kier molecular flexibility index (Phi) is 3.90. The van der Waals surface area contributed by atoms with Crippen molar-refractivity contribution in [3.63, 3.8) is 0 Å². The number of Topliss-reactive ketones (excluding diaryl/α,β-unsaturated/α-hetero) is 1. The molecule has 1 fully saturated rings. The number of ether oxygens (including phenoxy) is 2. The molecule has 1 aromatic rings. The summed E-state index contributed by atoms with van der Waals surface area (Å²) in [5.74, 6) is -0.559. The zero-order chi connectivity index (χ0) is 13.0. The molecule has 0 saturated carbocycles. The van der Waals surface area contributed by atoms with E-state index >= 15 is 0 Å². The van der Waals surface area contributed by atoms with Gasteiger partial charge in [0, 0.05) is 18.6 Å². The molecule has 94 valence electrons. The van der Waals surface area contributed by atoms with Gasteiger partial charge in [0.2, 0.25) is 0 Å². The molecule has 1 heterocycles. The molecule has 1 aromatic carbocycles. The molecule has 1 atom stereocenters. The van der Waals surface area contributed by atoms with Gasteiger partial charge in [-0.1, -0.05) is 0 Å². The lowest BCUT2D eigenvalue weighted by molar-refractivity contribution is -0.124. The molecule has 0 spiro atoms. The normalized spacial score (nSPS) is 18.3. The van der Waals surface area contributed by atoms with E-state index in [4.69, 9.17) is 14.7 Å². The summed E-state index contributed by atoms with van der Waals surface area (Å²) in [6, 6.07) is 5.63. The van der Waals surface area contributed by atoms with Crippen LogP contribution in [0.3, 0.4) is 0 Å². The molecular formula is C13H12FNO3. The Labute approximate surface area is 104 Å². The standard InChI is InChI=1S/C13H12FNO3/c14-12-5-11(2-1-9(12)6-15)18-8-13(16)10-3-4-17-7-10/h1-2,5,10H,3-4,7-8H2. The van der Waals surface area contributed by atoms with Crippen molar-refractivity contribution in [2.75, 3.05) is 19.8 Å². The lowest BCUT2D eigenvalue weighted by Crippen LogP contribution is -2.21.